The molecular weight excluding hydrogens is 777 g/mol. The molecule has 0 radical (unpaired) electrons. The van der Waals surface area contributed by atoms with Crippen molar-refractivity contribution in [1.82, 2.24) is 0 Å². The van der Waals surface area contributed by atoms with Gasteiger partial charge in [0.1, 0.15) is 0 Å². The number of aryl methyl sites for hydroxylation is 2. The molecule has 2 atom stereocenters. The Morgan fingerprint density at radius 3 is 1.00 bits per heavy atom. The fourth-order valence-corrected chi connectivity index (χ4v) is 10.6. The molecule has 2 aromatic rings. The highest BCUT2D eigenvalue weighted by atomic mass is 16.6. The van der Waals surface area contributed by atoms with Crippen molar-refractivity contribution in [3.63, 3.8) is 0 Å². The first-order valence-electron chi connectivity index (χ1n) is 25.1. The van der Waals surface area contributed by atoms with Crippen LogP contribution in [-0.4, -0.2) is 45.3 Å². The minimum absolute atomic E-state index is 0.106. The molecular formula is C54H82O8. The molecule has 8 heteroatoms. The lowest BCUT2D eigenvalue weighted by atomic mass is 9.75. The molecule has 4 rings (SSSR count). The summed E-state index contributed by atoms with van der Waals surface area (Å²) in [6.45, 7) is 7.89. The van der Waals surface area contributed by atoms with Crippen molar-refractivity contribution in [2.24, 2.45) is 23.7 Å². The van der Waals surface area contributed by atoms with Gasteiger partial charge >= 0.3 is 23.9 Å². The number of aliphatic carboxylic acids is 2. The molecule has 0 heterocycles. The Kier molecular flexibility index (Phi) is 22.1. The summed E-state index contributed by atoms with van der Waals surface area (Å²) < 4.78 is 11.7. The number of carbonyl (C=O) groups is 4. The summed E-state index contributed by atoms with van der Waals surface area (Å²) in [5.41, 5.74) is -3.02. The number of benzene rings is 2. The molecule has 2 aromatic carbocycles. The number of hydrogen-bond acceptors (Lipinski definition) is 6. The van der Waals surface area contributed by atoms with Crippen molar-refractivity contribution in [2.45, 2.75) is 219 Å². The van der Waals surface area contributed by atoms with Crippen LogP contribution in [0.15, 0.2) is 48.5 Å². The van der Waals surface area contributed by atoms with Crippen LogP contribution in [0.4, 0.5) is 0 Å². The summed E-state index contributed by atoms with van der Waals surface area (Å²) in [5.74, 6) is -1.83. The second-order valence-electron chi connectivity index (χ2n) is 19.2. The molecule has 0 saturated heterocycles. The maximum absolute atomic E-state index is 13.8. The Bertz CT molecular complexity index is 1500. The summed E-state index contributed by atoms with van der Waals surface area (Å²) >= 11 is 0. The molecule has 2 N–H and O–H groups in total. The minimum atomic E-state index is -2.68. The molecule has 346 valence electrons. The van der Waals surface area contributed by atoms with E-state index in [1.54, 1.807) is 38.1 Å². The lowest BCUT2D eigenvalue weighted by Crippen LogP contribution is -2.67. The van der Waals surface area contributed by atoms with E-state index in [-0.39, 0.29) is 36.8 Å². The molecule has 2 aliphatic carbocycles. The lowest BCUT2D eigenvalue weighted by molar-refractivity contribution is -0.210. The minimum Gasteiger partial charge on any atom is -0.478 e. The zero-order valence-corrected chi connectivity index (χ0v) is 39.1. The van der Waals surface area contributed by atoms with Gasteiger partial charge < -0.3 is 19.7 Å². The Labute approximate surface area is 374 Å². The number of ether oxygens (including phenoxy) is 2. The van der Waals surface area contributed by atoms with Crippen LogP contribution in [0, 0.1) is 23.7 Å². The average Bonchev–Trinajstić information content (AvgIpc) is 3.27. The largest absolute Gasteiger partial charge is 0.478 e. The summed E-state index contributed by atoms with van der Waals surface area (Å²) in [4.78, 5) is 54.2. The number of esters is 2. The van der Waals surface area contributed by atoms with Gasteiger partial charge in [-0.15, -0.1) is 0 Å². The first-order chi connectivity index (χ1) is 30.0. The number of carboxylic acid groups (broad SMARTS) is 2. The van der Waals surface area contributed by atoms with E-state index >= 15 is 0 Å². The highest BCUT2D eigenvalue weighted by Crippen LogP contribution is 2.41. The first-order valence-corrected chi connectivity index (χ1v) is 25.1. The van der Waals surface area contributed by atoms with E-state index in [9.17, 15) is 29.4 Å². The van der Waals surface area contributed by atoms with Crippen molar-refractivity contribution >= 4 is 23.9 Å². The highest BCUT2D eigenvalue weighted by Gasteiger charge is 2.67. The molecule has 0 amide bonds. The van der Waals surface area contributed by atoms with Crippen LogP contribution in [0.3, 0.4) is 0 Å². The van der Waals surface area contributed by atoms with Gasteiger partial charge in [-0.05, 0) is 84.7 Å². The fraction of sp³-hybridized carbons (Fsp3) is 0.704. The number of hydrogen-bond donors (Lipinski definition) is 2. The third kappa shape index (κ3) is 15.0. The van der Waals surface area contributed by atoms with Gasteiger partial charge in [0.25, 0.3) is 11.2 Å². The van der Waals surface area contributed by atoms with Crippen LogP contribution < -0.4 is 0 Å². The van der Waals surface area contributed by atoms with Gasteiger partial charge in [-0.25, -0.2) is 19.2 Å². The Morgan fingerprint density at radius 2 is 0.742 bits per heavy atom. The number of unbranched alkanes of at least 4 members (excludes halogenated alkanes) is 6. The summed E-state index contributed by atoms with van der Waals surface area (Å²) in [5, 5.41) is 21.6. The Morgan fingerprint density at radius 1 is 0.452 bits per heavy atom. The molecule has 8 nitrogen and oxygen atoms in total. The molecule has 2 aliphatic rings. The topological polar surface area (TPSA) is 127 Å². The normalized spacial score (nSPS) is 21.0. The smallest absolute Gasteiger partial charge is 0.353 e. The van der Waals surface area contributed by atoms with E-state index in [0.29, 0.717) is 0 Å². The van der Waals surface area contributed by atoms with Crippen LogP contribution in [0.25, 0.3) is 0 Å². The quantitative estimate of drug-likeness (QED) is 0.0611. The molecule has 0 bridgehead atoms. The summed E-state index contributed by atoms with van der Waals surface area (Å²) in [6, 6.07) is 13.8. The van der Waals surface area contributed by atoms with Gasteiger partial charge in [-0.2, -0.15) is 0 Å². The first kappa shape index (κ1) is 51.0. The zero-order valence-electron chi connectivity index (χ0n) is 39.1. The van der Waals surface area contributed by atoms with Crippen molar-refractivity contribution in [3.8, 4) is 0 Å². The van der Waals surface area contributed by atoms with Gasteiger partial charge in [-0.3, -0.25) is 0 Å². The molecule has 0 aliphatic heterocycles. The lowest BCUT2D eigenvalue weighted by Gasteiger charge is -2.43. The van der Waals surface area contributed by atoms with E-state index in [4.69, 9.17) is 9.47 Å². The van der Waals surface area contributed by atoms with E-state index in [1.807, 2.05) is 24.3 Å². The summed E-state index contributed by atoms with van der Waals surface area (Å²) in [6.07, 6.45) is 29.9. The maximum atomic E-state index is 13.8. The predicted octanol–water partition coefficient (Wildman–Crippen LogP) is 14.1. The van der Waals surface area contributed by atoms with Crippen molar-refractivity contribution in [3.05, 3.63) is 70.8 Å². The predicted molar refractivity (Wildman–Crippen MR) is 249 cm³/mol. The van der Waals surface area contributed by atoms with Crippen LogP contribution >= 0.6 is 0 Å². The second-order valence-corrected chi connectivity index (χ2v) is 19.2. The third-order valence-corrected chi connectivity index (χ3v) is 14.5. The van der Waals surface area contributed by atoms with E-state index in [0.717, 1.165) is 73.3 Å². The standard InChI is InChI=1S/C54H82O8/c1-5-9-11-17-41-23-27-43(28-24-41)19-13-15-21-45-31-35-47(36-32-45)49(55)61-53(39-7-3,51(57)58)54(40-8-4,52(59)60)62-50(56)48-37-33-46(34-38-48)22-16-14-20-44-29-25-42(26-30-44)18-12-10-6-2/h31-38,41-44H,5-30,39-40H2,1-4H3,(H,57,58)(H,59,60)/t41?,42?,43?,44?,53-,54-/m0/s1. The van der Waals surface area contributed by atoms with E-state index in [1.165, 1.54) is 116 Å². The zero-order chi connectivity index (χ0) is 44.8. The molecule has 2 fully saturated rings. The third-order valence-electron chi connectivity index (χ3n) is 14.5. The van der Waals surface area contributed by atoms with Crippen LogP contribution in [0.5, 0.6) is 0 Å². The van der Waals surface area contributed by atoms with Gasteiger partial charge in [0.15, 0.2) is 0 Å². The Balaban J connectivity index is 1.33. The van der Waals surface area contributed by atoms with Gasteiger partial charge in [0, 0.05) is 12.8 Å². The van der Waals surface area contributed by atoms with Crippen molar-refractivity contribution < 1.29 is 38.9 Å². The summed E-state index contributed by atoms with van der Waals surface area (Å²) in [7, 11) is 0. The van der Waals surface area contributed by atoms with Crippen LogP contribution in [0.1, 0.15) is 226 Å². The highest BCUT2D eigenvalue weighted by molar-refractivity contribution is 5.99. The van der Waals surface area contributed by atoms with Crippen molar-refractivity contribution in [2.75, 3.05) is 0 Å². The SMILES string of the molecule is CCCCCC1CCC(CCCCc2ccc(C(=O)O[C@@](CCC)(C(=O)O)[C@@](CCC)(OC(=O)c3ccc(CCCCC4CCC(CCCCC)CC4)cc3)C(=O)O)cc2)CC1. The van der Waals surface area contributed by atoms with E-state index < -0.39 is 35.1 Å². The van der Waals surface area contributed by atoms with Gasteiger partial charge in [-0.1, -0.05) is 193 Å². The molecule has 0 spiro atoms. The average molecular weight is 859 g/mol. The van der Waals surface area contributed by atoms with Gasteiger partial charge in [0.05, 0.1) is 11.1 Å². The fourth-order valence-electron chi connectivity index (χ4n) is 10.6. The number of carboxylic acids is 2. The maximum Gasteiger partial charge on any atom is 0.353 e. The molecule has 62 heavy (non-hydrogen) atoms. The van der Waals surface area contributed by atoms with E-state index in [2.05, 4.69) is 13.8 Å². The Hall–Kier alpha value is -3.68. The van der Waals surface area contributed by atoms with Gasteiger partial charge in [0.2, 0.25) is 0 Å². The molecule has 0 unspecified atom stereocenters. The van der Waals surface area contributed by atoms with Crippen LogP contribution in [-0.2, 0) is 31.9 Å². The van der Waals surface area contributed by atoms with Crippen LogP contribution in [0.2, 0.25) is 0 Å². The molecule has 0 aromatic heterocycles. The molecule has 2 saturated carbocycles. The van der Waals surface area contributed by atoms with Crippen molar-refractivity contribution in [1.29, 1.82) is 0 Å². The number of rotatable bonds is 29. The second kappa shape index (κ2) is 26.8. The monoisotopic (exact) mass is 859 g/mol. The number of carbonyl (C=O) groups excluding carboxylic acids is 2.